The van der Waals surface area contributed by atoms with E-state index in [-0.39, 0.29) is 5.91 Å². The molecule has 0 aromatic heterocycles. The average Bonchev–Trinajstić information content (AvgIpc) is 2.32. The second kappa shape index (κ2) is 5.10. The second-order valence-electron chi connectivity index (χ2n) is 4.04. The first-order valence-corrected chi connectivity index (χ1v) is 5.87. The monoisotopic (exact) mass is 260 g/mol. The van der Waals surface area contributed by atoms with Crippen LogP contribution < -0.4 is 11.1 Å². The number of rotatable bonds is 2. The number of anilines is 2. The van der Waals surface area contributed by atoms with Crippen molar-refractivity contribution in [1.29, 1.82) is 0 Å². The van der Waals surface area contributed by atoms with Crippen LogP contribution in [0.3, 0.4) is 0 Å². The molecule has 0 fully saturated rings. The van der Waals surface area contributed by atoms with Gasteiger partial charge in [-0.25, -0.2) is 0 Å². The Morgan fingerprint density at radius 3 is 2.44 bits per heavy atom. The molecule has 0 aliphatic carbocycles. The van der Waals surface area contributed by atoms with E-state index in [0.717, 1.165) is 5.56 Å². The van der Waals surface area contributed by atoms with Gasteiger partial charge in [0.15, 0.2) is 0 Å². The number of carbonyl (C=O) groups excluding carboxylic acids is 1. The lowest BCUT2D eigenvalue weighted by Gasteiger charge is -2.08. The highest BCUT2D eigenvalue weighted by molar-refractivity contribution is 6.30. The van der Waals surface area contributed by atoms with Gasteiger partial charge in [0, 0.05) is 22.0 Å². The molecule has 3 N–H and O–H groups in total. The molecule has 18 heavy (non-hydrogen) atoms. The molecular weight excluding hydrogens is 248 g/mol. The van der Waals surface area contributed by atoms with Crippen LogP contribution in [0.15, 0.2) is 42.5 Å². The molecular formula is C14H13ClN2O. The zero-order valence-electron chi connectivity index (χ0n) is 9.91. The minimum Gasteiger partial charge on any atom is -0.399 e. The number of nitrogens with one attached hydrogen (secondary N) is 1. The number of aryl methyl sites for hydroxylation is 1. The Hall–Kier alpha value is -2.00. The highest BCUT2D eigenvalue weighted by Gasteiger charge is 2.09. The van der Waals surface area contributed by atoms with Crippen LogP contribution in [-0.2, 0) is 0 Å². The van der Waals surface area contributed by atoms with E-state index in [2.05, 4.69) is 5.32 Å². The van der Waals surface area contributed by atoms with E-state index in [1.54, 1.807) is 42.5 Å². The van der Waals surface area contributed by atoms with Crippen molar-refractivity contribution in [2.45, 2.75) is 6.92 Å². The number of carbonyl (C=O) groups is 1. The summed E-state index contributed by atoms with van der Waals surface area (Å²) in [4.78, 5) is 12.0. The van der Waals surface area contributed by atoms with Crippen molar-refractivity contribution < 1.29 is 4.79 Å². The molecule has 0 saturated carbocycles. The number of nitrogens with two attached hydrogens (primary N) is 1. The maximum atomic E-state index is 12.0. The normalized spacial score (nSPS) is 10.1. The zero-order chi connectivity index (χ0) is 13.1. The standard InChI is InChI=1S/C14H13ClN2O/c1-9-8-11(16)4-7-13(9)14(18)17-12-5-2-10(15)3-6-12/h2-8H,16H2,1H3,(H,17,18). The Morgan fingerprint density at radius 1 is 1.17 bits per heavy atom. The molecule has 0 aliphatic heterocycles. The van der Waals surface area contributed by atoms with Gasteiger partial charge in [-0.15, -0.1) is 0 Å². The highest BCUT2D eigenvalue weighted by atomic mass is 35.5. The predicted molar refractivity (Wildman–Crippen MR) is 75.0 cm³/mol. The number of amides is 1. The Balaban J connectivity index is 2.19. The highest BCUT2D eigenvalue weighted by Crippen LogP contribution is 2.17. The fourth-order valence-corrected chi connectivity index (χ4v) is 1.80. The van der Waals surface area contributed by atoms with Gasteiger partial charge >= 0.3 is 0 Å². The van der Waals surface area contributed by atoms with Crippen LogP contribution in [0.5, 0.6) is 0 Å². The number of hydrogen-bond acceptors (Lipinski definition) is 2. The molecule has 2 aromatic carbocycles. The van der Waals surface area contributed by atoms with Gasteiger partial charge in [-0.1, -0.05) is 11.6 Å². The van der Waals surface area contributed by atoms with Gasteiger partial charge in [0.05, 0.1) is 0 Å². The van der Waals surface area contributed by atoms with E-state index in [1.165, 1.54) is 0 Å². The molecule has 0 aliphatic rings. The SMILES string of the molecule is Cc1cc(N)ccc1C(=O)Nc1ccc(Cl)cc1. The van der Waals surface area contributed by atoms with E-state index in [1.807, 2.05) is 6.92 Å². The minimum absolute atomic E-state index is 0.158. The molecule has 92 valence electrons. The molecule has 3 nitrogen and oxygen atoms in total. The Morgan fingerprint density at radius 2 is 1.83 bits per heavy atom. The Bertz CT molecular complexity index is 579. The number of halogens is 1. The molecule has 0 radical (unpaired) electrons. The fraction of sp³-hybridized carbons (Fsp3) is 0.0714. The third kappa shape index (κ3) is 2.81. The topological polar surface area (TPSA) is 55.1 Å². The lowest BCUT2D eigenvalue weighted by molar-refractivity contribution is 0.102. The molecule has 1 amide bonds. The van der Waals surface area contributed by atoms with Crippen molar-refractivity contribution >= 4 is 28.9 Å². The maximum absolute atomic E-state index is 12.0. The van der Waals surface area contributed by atoms with Gasteiger partial charge in [0.25, 0.3) is 5.91 Å². The van der Waals surface area contributed by atoms with Crippen molar-refractivity contribution in [2.24, 2.45) is 0 Å². The quantitative estimate of drug-likeness (QED) is 0.812. The maximum Gasteiger partial charge on any atom is 0.255 e. The summed E-state index contributed by atoms with van der Waals surface area (Å²) in [6.07, 6.45) is 0. The molecule has 0 saturated heterocycles. The average molecular weight is 261 g/mol. The second-order valence-corrected chi connectivity index (χ2v) is 4.47. The van der Waals surface area contributed by atoms with Crippen LogP contribution >= 0.6 is 11.6 Å². The molecule has 0 spiro atoms. The summed E-state index contributed by atoms with van der Waals surface area (Å²) in [5.74, 6) is -0.158. The van der Waals surface area contributed by atoms with Crippen LogP contribution in [0, 0.1) is 6.92 Å². The molecule has 4 heteroatoms. The predicted octanol–water partition coefficient (Wildman–Crippen LogP) is 3.48. The van der Waals surface area contributed by atoms with Gasteiger partial charge in [0.2, 0.25) is 0 Å². The Labute approximate surface area is 111 Å². The van der Waals surface area contributed by atoms with Crippen molar-refractivity contribution in [1.82, 2.24) is 0 Å². The fourth-order valence-electron chi connectivity index (χ4n) is 1.67. The van der Waals surface area contributed by atoms with E-state index in [4.69, 9.17) is 17.3 Å². The summed E-state index contributed by atoms with van der Waals surface area (Å²) in [5.41, 5.74) is 8.47. The van der Waals surface area contributed by atoms with Crippen molar-refractivity contribution in [3.8, 4) is 0 Å². The summed E-state index contributed by atoms with van der Waals surface area (Å²) < 4.78 is 0. The first kappa shape index (κ1) is 12.5. The number of benzene rings is 2. The van der Waals surface area contributed by atoms with Gasteiger partial charge < -0.3 is 11.1 Å². The third-order valence-corrected chi connectivity index (χ3v) is 2.85. The van der Waals surface area contributed by atoms with Crippen molar-refractivity contribution in [2.75, 3.05) is 11.1 Å². The van der Waals surface area contributed by atoms with Crippen LogP contribution in [0.4, 0.5) is 11.4 Å². The first-order chi connectivity index (χ1) is 8.56. The zero-order valence-corrected chi connectivity index (χ0v) is 10.7. The summed E-state index contributed by atoms with van der Waals surface area (Å²) in [6.45, 7) is 1.85. The smallest absolute Gasteiger partial charge is 0.255 e. The molecule has 0 atom stereocenters. The van der Waals surface area contributed by atoms with E-state index >= 15 is 0 Å². The van der Waals surface area contributed by atoms with Gasteiger partial charge in [-0.3, -0.25) is 4.79 Å². The van der Waals surface area contributed by atoms with Crippen LogP contribution in [0.1, 0.15) is 15.9 Å². The van der Waals surface area contributed by atoms with E-state index in [0.29, 0.717) is 22.0 Å². The molecule has 0 bridgehead atoms. The van der Waals surface area contributed by atoms with Crippen LogP contribution in [-0.4, -0.2) is 5.91 Å². The molecule has 0 unspecified atom stereocenters. The largest absolute Gasteiger partial charge is 0.399 e. The van der Waals surface area contributed by atoms with Crippen LogP contribution in [0.25, 0.3) is 0 Å². The number of nitrogen functional groups attached to an aromatic ring is 1. The molecule has 2 rings (SSSR count). The van der Waals surface area contributed by atoms with Gasteiger partial charge in [0.1, 0.15) is 0 Å². The summed E-state index contributed by atoms with van der Waals surface area (Å²) >= 11 is 5.78. The van der Waals surface area contributed by atoms with Crippen molar-refractivity contribution in [3.05, 3.63) is 58.6 Å². The lowest BCUT2D eigenvalue weighted by Crippen LogP contribution is -2.13. The lowest BCUT2D eigenvalue weighted by atomic mass is 10.1. The number of hydrogen-bond donors (Lipinski definition) is 2. The van der Waals surface area contributed by atoms with Gasteiger partial charge in [-0.2, -0.15) is 0 Å². The Kier molecular flexibility index (Phi) is 3.53. The van der Waals surface area contributed by atoms with E-state index in [9.17, 15) is 4.79 Å². The first-order valence-electron chi connectivity index (χ1n) is 5.49. The third-order valence-electron chi connectivity index (χ3n) is 2.60. The molecule has 0 heterocycles. The van der Waals surface area contributed by atoms with E-state index < -0.39 is 0 Å². The van der Waals surface area contributed by atoms with Crippen LogP contribution in [0.2, 0.25) is 5.02 Å². The minimum atomic E-state index is -0.158. The summed E-state index contributed by atoms with van der Waals surface area (Å²) in [6, 6.07) is 12.2. The summed E-state index contributed by atoms with van der Waals surface area (Å²) in [7, 11) is 0. The molecule has 2 aromatic rings. The van der Waals surface area contributed by atoms with Crippen molar-refractivity contribution in [3.63, 3.8) is 0 Å². The van der Waals surface area contributed by atoms with Gasteiger partial charge in [-0.05, 0) is 55.0 Å². The summed E-state index contributed by atoms with van der Waals surface area (Å²) in [5, 5.41) is 3.44.